The summed E-state index contributed by atoms with van der Waals surface area (Å²) in [5.74, 6) is -0.422. The molecule has 0 aliphatic carbocycles. The lowest BCUT2D eigenvalue weighted by atomic mass is 10.3. The quantitative estimate of drug-likeness (QED) is 0.688. The number of thioether (sulfide) groups is 1. The van der Waals surface area contributed by atoms with Gasteiger partial charge in [0.25, 0.3) is 0 Å². The van der Waals surface area contributed by atoms with Gasteiger partial charge in [-0.3, -0.25) is 4.79 Å². The molecule has 0 spiro atoms. The van der Waals surface area contributed by atoms with Crippen molar-refractivity contribution in [2.24, 2.45) is 0 Å². The molecule has 0 atom stereocenters. The van der Waals surface area contributed by atoms with E-state index in [-0.39, 0.29) is 23.2 Å². The zero-order valence-electron chi connectivity index (χ0n) is 11.0. The van der Waals surface area contributed by atoms with Crippen LogP contribution in [0.15, 0.2) is 41.8 Å². The van der Waals surface area contributed by atoms with Gasteiger partial charge in [0, 0.05) is 24.1 Å². The van der Waals surface area contributed by atoms with E-state index in [1.807, 2.05) is 0 Å². The second-order valence-electron chi connectivity index (χ2n) is 4.20. The van der Waals surface area contributed by atoms with Crippen LogP contribution in [0.1, 0.15) is 0 Å². The number of rotatable bonds is 4. The molecule has 114 valence electrons. The highest BCUT2D eigenvalue weighted by Gasteiger charge is 2.43. The molecule has 0 unspecified atom stereocenters. The van der Waals surface area contributed by atoms with Crippen molar-refractivity contribution in [1.29, 1.82) is 0 Å². The Balaban J connectivity index is 1.59. The van der Waals surface area contributed by atoms with Gasteiger partial charge in [0.15, 0.2) is 16.7 Å². The number of nitrogens with zero attached hydrogens (tertiary/aromatic N) is 2. The van der Waals surface area contributed by atoms with E-state index in [0.717, 1.165) is 11.8 Å². The number of fused-ring (bicyclic) bond motifs is 1. The number of carbonyl (C=O) groups is 1. The fourth-order valence-electron chi connectivity index (χ4n) is 1.71. The van der Waals surface area contributed by atoms with Gasteiger partial charge in [-0.2, -0.15) is 0 Å². The van der Waals surface area contributed by atoms with Crippen LogP contribution in [0.3, 0.4) is 0 Å². The number of halogens is 2. The lowest BCUT2D eigenvalue weighted by molar-refractivity contribution is -0.286. The third-order valence-electron chi connectivity index (χ3n) is 2.56. The van der Waals surface area contributed by atoms with Crippen LogP contribution in [-0.2, 0) is 4.79 Å². The number of ether oxygens (including phenoxy) is 2. The first-order chi connectivity index (χ1) is 10.5. The van der Waals surface area contributed by atoms with Gasteiger partial charge in [-0.15, -0.1) is 8.78 Å². The summed E-state index contributed by atoms with van der Waals surface area (Å²) in [4.78, 5) is 19.8. The molecule has 2 heterocycles. The molecule has 1 aromatic carbocycles. The fraction of sp³-hybridized carbons (Fsp3) is 0.154. The maximum Gasteiger partial charge on any atom is 0.586 e. The molecule has 0 saturated heterocycles. The minimum atomic E-state index is -3.68. The van der Waals surface area contributed by atoms with Crippen LogP contribution in [0.2, 0.25) is 0 Å². The molecule has 22 heavy (non-hydrogen) atoms. The molecular weight excluding hydrogens is 316 g/mol. The van der Waals surface area contributed by atoms with Crippen molar-refractivity contribution in [3.05, 3.63) is 36.7 Å². The molecule has 0 saturated carbocycles. The number of hydrogen-bond donors (Lipinski definition) is 1. The predicted octanol–water partition coefficient (Wildman–Crippen LogP) is 2.53. The summed E-state index contributed by atoms with van der Waals surface area (Å²) in [6, 6.07) is 5.70. The summed E-state index contributed by atoms with van der Waals surface area (Å²) in [6.45, 7) is 0. The number of carbonyl (C=O) groups excluding carboxylic acids is 1. The first-order valence-corrected chi connectivity index (χ1v) is 7.10. The van der Waals surface area contributed by atoms with Gasteiger partial charge in [0.05, 0.1) is 5.75 Å². The Labute approximate surface area is 127 Å². The lowest BCUT2D eigenvalue weighted by Crippen LogP contribution is -2.25. The van der Waals surface area contributed by atoms with Gasteiger partial charge in [-0.25, -0.2) is 9.97 Å². The highest BCUT2D eigenvalue weighted by molar-refractivity contribution is 7.99. The number of aromatic nitrogens is 2. The summed E-state index contributed by atoms with van der Waals surface area (Å²) in [7, 11) is 0. The smallest absolute Gasteiger partial charge is 0.395 e. The Morgan fingerprint density at radius 2 is 1.95 bits per heavy atom. The van der Waals surface area contributed by atoms with Crippen LogP contribution >= 0.6 is 11.8 Å². The van der Waals surface area contributed by atoms with Crippen molar-refractivity contribution < 1.29 is 23.0 Å². The fourth-order valence-corrected chi connectivity index (χ4v) is 2.32. The molecule has 1 aliphatic rings. The third-order valence-corrected chi connectivity index (χ3v) is 3.44. The zero-order valence-corrected chi connectivity index (χ0v) is 11.8. The van der Waals surface area contributed by atoms with E-state index in [1.165, 1.54) is 18.2 Å². The molecular formula is C13H9F2N3O3S. The molecule has 1 N–H and O–H groups in total. The number of hydrogen-bond acceptors (Lipinski definition) is 6. The van der Waals surface area contributed by atoms with E-state index in [9.17, 15) is 13.6 Å². The maximum absolute atomic E-state index is 12.9. The van der Waals surface area contributed by atoms with E-state index < -0.39 is 6.29 Å². The van der Waals surface area contributed by atoms with Gasteiger partial charge >= 0.3 is 6.29 Å². The van der Waals surface area contributed by atoms with Gasteiger partial charge in [-0.1, -0.05) is 11.8 Å². The molecule has 1 aliphatic heterocycles. The number of alkyl halides is 2. The Morgan fingerprint density at radius 3 is 2.73 bits per heavy atom. The Bertz CT molecular complexity index is 700. The normalized spacial score (nSPS) is 14.6. The SMILES string of the molecule is O=C(CSc1ncccn1)Nc1ccc2c(c1)OC(F)(F)O2. The average Bonchev–Trinajstić information content (AvgIpc) is 2.79. The van der Waals surface area contributed by atoms with E-state index in [2.05, 4.69) is 24.8 Å². The van der Waals surface area contributed by atoms with Crippen molar-refractivity contribution in [2.75, 3.05) is 11.1 Å². The minimum Gasteiger partial charge on any atom is -0.395 e. The van der Waals surface area contributed by atoms with Gasteiger partial charge < -0.3 is 14.8 Å². The van der Waals surface area contributed by atoms with Gasteiger partial charge in [-0.05, 0) is 18.2 Å². The van der Waals surface area contributed by atoms with Gasteiger partial charge in [0.1, 0.15) is 0 Å². The topological polar surface area (TPSA) is 73.3 Å². The van der Waals surface area contributed by atoms with Crippen LogP contribution in [-0.4, -0.2) is 27.9 Å². The number of benzene rings is 1. The summed E-state index contributed by atoms with van der Waals surface area (Å²) >= 11 is 1.16. The molecule has 1 amide bonds. The van der Waals surface area contributed by atoms with Crippen molar-refractivity contribution >= 4 is 23.4 Å². The molecule has 1 aromatic heterocycles. The van der Waals surface area contributed by atoms with Crippen molar-refractivity contribution in [3.63, 3.8) is 0 Å². The highest BCUT2D eigenvalue weighted by atomic mass is 32.2. The highest BCUT2D eigenvalue weighted by Crippen LogP contribution is 2.42. The number of amides is 1. The summed E-state index contributed by atoms with van der Waals surface area (Å²) in [6.07, 6.45) is -0.526. The largest absolute Gasteiger partial charge is 0.586 e. The average molecular weight is 325 g/mol. The van der Waals surface area contributed by atoms with Crippen LogP contribution in [0, 0.1) is 0 Å². The Hall–Kier alpha value is -2.42. The van der Waals surface area contributed by atoms with Crippen molar-refractivity contribution in [2.45, 2.75) is 11.5 Å². The Kier molecular flexibility index (Phi) is 3.80. The minimum absolute atomic E-state index is 0.0740. The molecule has 2 aromatic rings. The maximum atomic E-state index is 12.9. The standard InChI is InChI=1S/C13H9F2N3O3S/c14-13(15)20-9-3-2-8(6-10(9)21-13)18-11(19)7-22-12-16-4-1-5-17-12/h1-6H,7H2,(H,18,19). The van der Waals surface area contributed by atoms with E-state index in [0.29, 0.717) is 10.8 Å². The van der Waals surface area contributed by atoms with E-state index in [4.69, 9.17) is 0 Å². The third kappa shape index (κ3) is 3.42. The molecule has 0 fully saturated rings. The molecule has 0 bridgehead atoms. The predicted molar refractivity (Wildman–Crippen MR) is 74.0 cm³/mol. The first kappa shape index (κ1) is 14.5. The summed E-state index contributed by atoms with van der Waals surface area (Å²) < 4.78 is 34.4. The monoisotopic (exact) mass is 325 g/mol. The molecule has 9 heteroatoms. The van der Waals surface area contributed by atoms with E-state index in [1.54, 1.807) is 18.5 Å². The van der Waals surface area contributed by atoms with Crippen LogP contribution in [0.5, 0.6) is 11.5 Å². The second-order valence-corrected chi connectivity index (χ2v) is 5.14. The second kappa shape index (κ2) is 5.76. The van der Waals surface area contributed by atoms with Crippen molar-refractivity contribution in [3.8, 4) is 11.5 Å². The molecule has 6 nitrogen and oxygen atoms in total. The Morgan fingerprint density at radius 1 is 1.23 bits per heavy atom. The van der Waals surface area contributed by atoms with Crippen molar-refractivity contribution in [1.82, 2.24) is 9.97 Å². The summed E-state index contributed by atoms with van der Waals surface area (Å²) in [5.41, 5.74) is 0.333. The molecule has 0 radical (unpaired) electrons. The number of nitrogens with one attached hydrogen (secondary N) is 1. The van der Waals surface area contributed by atoms with Crippen LogP contribution in [0.25, 0.3) is 0 Å². The van der Waals surface area contributed by atoms with Gasteiger partial charge in [0.2, 0.25) is 5.91 Å². The van der Waals surface area contributed by atoms with Crippen LogP contribution < -0.4 is 14.8 Å². The number of anilines is 1. The van der Waals surface area contributed by atoms with Crippen LogP contribution in [0.4, 0.5) is 14.5 Å². The zero-order chi connectivity index (χ0) is 15.6. The van der Waals surface area contributed by atoms with E-state index >= 15 is 0 Å². The summed E-state index contributed by atoms with van der Waals surface area (Å²) in [5, 5.41) is 3.05. The molecule has 3 rings (SSSR count). The first-order valence-electron chi connectivity index (χ1n) is 6.11. The lowest BCUT2D eigenvalue weighted by Gasteiger charge is -2.05.